The second-order valence-corrected chi connectivity index (χ2v) is 6.65. The van der Waals surface area contributed by atoms with Crippen LogP contribution in [-0.4, -0.2) is 11.3 Å². The number of carbonyl (C=O) groups excluding carboxylic acids is 1. The second kappa shape index (κ2) is 5.71. The van der Waals surface area contributed by atoms with Gasteiger partial charge in [0.25, 0.3) is 0 Å². The molecule has 0 bridgehead atoms. The summed E-state index contributed by atoms with van der Waals surface area (Å²) in [5.41, 5.74) is 6.22. The summed E-state index contributed by atoms with van der Waals surface area (Å²) in [6, 6.07) is 4.56. The Morgan fingerprint density at radius 1 is 1.53 bits per heavy atom. The van der Waals surface area contributed by atoms with Gasteiger partial charge < -0.3 is 5.73 Å². The van der Waals surface area contributed by atoms with Crippen LogP contribution in [0.4, 0.5) is 4.39 Å². The molecule has 1 aromatic rings. The van der Waals surface area contributed by atoms with Gasteiger partial charge in [0.2, 0.25) is 0 Å². The molecule has 1 saturated carbocycles. The van der Waals surface area contributed by atoms with E-state index in [1.54, 1.807) is 6.07 Å². The molecule has 0 radical (unpaired) electrons. The van der Waals surface area contributed by atoms with E-state index in [1.807, 2.05) is 0 Å². The highest BCUT2D eigenvalue weighted by Gasteiger charge is 2.37. The zero-order chi connectivity index (χ0) is 14.0. The third kappa shape index (κ3) is 3.63. The van der Waals surface area contributed by atoms with Crippen LogP contribution in [0.3, 0.4) is 0 Å². The predicted molar refractivity (Wildman–Crippen MR) is 77.4 cm³/mol. The Balaban J connectivity index is 2.11. The fourth-order valence-corrected chi connectivity index (χ4v) is 3.43. The molecule has 0 saturated heterocycles. The molecular formula is C15H19BrFNO. The molecule has 1 fully saturated rings. The molecule has 0 amide bonds. The van der Waals surface area contributed by atoms with Gasteiger partial charge >= 0.3 is 0 Å². The molecule has 1 aliphatic rings. The smallest absolute Gasteiger partial charge is 0.157 e. The molecule has 2 unspecified atom stereocenters. The van der Waals surface area contributed by atoms with E-state index in [1.165, 1.54) is 12.1 Å². The van der Waals surface area contributed by atoms with Crippen molar-refractivity contribution in [3.63, 3.8) is 0 Å². The van der Waals surface area contributed by atoms with Crippen molar-refractivity contribution in [1.82, 2.24) is 0 Å². The predicted octanol–water partition coefficient (Wildman–Crippen LogP) is 3.61. The molecule has 0 aliphatic heterocycles. The standard InChI is InChI=1S/C15H19BrFNO/c1-10-3-2-4-15(18,9-10)14(19)7-11-5-12(16)8-13(17)6-11/h5-6,8,10H,2-4,7,9,18H2,1H3. The van der Waals surface area contributed by atoms with Crippen LogP contribution in [0.5, 0.6) is 0 Å². The molecule has 0 spiro atoms. The number of nitrogens with two attached hydrogens (primary N) is 1. The molecule has 2 rings (SSSR count). The molecule has 0 aromatic heterocycles. The van der Waals surface area contributed by atoms with Crippen molar-refractivity contribution >= 4 is 21.7 Å². The highest BCUT2D eigenvalue weighted by Crippen LogP contribution is 2.32. The van der Waals surface area contributed by atoms with Gasteiger partial charge in [-0.05, 0) is 42.5 Å². The number of halogens is 2. The van der Waals surface area contributed by atoms with E-state index in [0.717, 1.165) is 25.7 Å². The minimum absolute atomic E-state index is 0.0246. The van der Waals surface area contributed by atoms with Crippen molar-refractivity contribution in [3.8, 4) is 0 Å². The van der Waals surface area contributed by atoms with Crippen LogP contribution in [0.1, 0.15) is 38.2 Å². The van der Waals surface area contributed by atoms with Crippen LogP contribution in [0.25, 0.3) is 0 Å². The highest BCUT2D eigenvalue weighted by atomic mass is 79.9. The molecule has 19 heavy (non-hydrogen) atoms. The van der Waals surface area contributed by atoms with Gasteiger partial charge in [-0.2, -0.15) is 0 Å². The summed E-state index contributed by atoms with van der Waals surface area (Å²) in [6.07, 6.45) is 3.82. The van der Waals surface area contributed by atoms with Crippen molar-refractivity contribution < 1.29 is 9.18 Å². The molecular weight excluding hydrogens is 309 g/mol. The van der Waals surface area contributed by atoms with Crippen molar-refractivity contribution in [3.05, 3.63) is 34.1 Å². The largest absolute Gasteiger partial charge is 0.319 e. The maximum absolute atomic E-state index is 13.3. The third-order valence-electron chi connectivity index (χ3n) is 3.87. The van der Waals surface area contributed by atoms with Gasteiger partial charge in [0.1, 0.15) is 5.82 Å². The van der Waals surface area contributed by atoms with Crippen molar-refractivity contribution in [2.24, 2.45) is 11.7 Å². The topological polar surface area (TPSA) is 43.1 Å². The van der Waals surface area contributed by atoms with Crippen LogP contribution in [0.15, 0.2) is 22.7 Å². The van der Waals surface area contributed by atoms with Crippen LogP contribution >= 0.6 is 15.9 Å². The van der Waals surface area contributed by atoms with Crippen LogP contribution in [0.2, 0.25) is 0 Å². The number of ketones is 1. The van der Waals surface area contributed by atoms with Gasteiger partial charge in [-0.25, -0.2) is 4.39 Å². The lowest BCUT2D eigenvalue weighted by Crippen LogP contribution is -2.51. The molecule has 2 atom stereocenters. The lowest BCUT2D eigenvalue weighted by atomic mass is 9.73. The van der Waals surface area contributed by atoms with Gasteiger partial charge in [-0.1, -0.05) is 35.7 Å². The van der Waals surface area contributed by atoms with Gasteiger partial charge in [0.05, 0.1) is 5.54 Å². The van der Waals surface area contributed by atoms with E-state index in [-0.39, 0.29) is 18.0 Å². The van der Waals surface area contributed by atoms with E-state index in [9.17, 15) is 9.18 Å². The van der Waals surface area contributed by atoms with Crippen molar-refractivity contribution in [2.45, 2.75) is 44.6 Å². The average molecular weight is 328 g/mol. The molecule has 4 heteroatoms. The fourth-order valence-electron chi connectivity index (χ4n) is 2.92. The van der Waals surface area contributed by atoms with E-state index >= 15 is 0 Å². The number of hydrogen-bond acceptors (Lipinski definition) is 2. The minimum Gasteiger partial charge on any atom is -0.319 e. The van der Waals surface area contributed by atoms with Gasteiger partial charge in [0, 0.05) is 10.9 Å². The Kier molecular flexibility index (Phi) is 4.41. The number of carbonyl (C=O) groups is 1. The minimum atomic E-state index is -0.726. The van der Waals surface area contributed by atoms with Gasteiger partial charge in [0.15, 0.2) is 5.78 Å². The molecule has 1 aromatic carbocycles. The van der Waals surface area contributed by atoms with E-state index < -0.39 is 5.54 Å². The summed E-state index contributed by atoms with van der Waals surface area (Å²) < 4.78 is 14.0. The van der Waals surface area contributed by atoms with Gasteiger partial charge in [-0.3, -0.25) is 4.79 Å². The summed E-state index contributed by atoms with van der Waals surface area (Å²) in [5, 5.41) is 0. The summed E-state index contributed by atoms with van der Waals surface area (Å²) in [4.78, 5) is 12.4. The van der Waals surface area contributed by atoms with E-state index in [0.29, 0.717) is 16.0 Å². The molecule has 104 valence electrons. The lowest BCUT2D eigenvalue weighted by Gasteiger charge is -2.35. The SMILES string of the molecule is CC1CCCC(N)(C(=O)Cc2cc(F)cc(Br)c2)C1. The Morgan fingerprint density at radius 3 is 2.89 bits per heavy atom. The fraction of sp³-hybridized carbons (Fsp3) is 0.533. The number of hydrogen-bond donors (Lipinski definition) is 1. The maximum Gasteiger partial charge on any atom is 0.157 e. The average Bonchev–Trinajstić information content (AvgIpc) is 2.26. The molecule has 1 aliphatic carbocycles. The summed E-state index contributed by atoms with van der Waals surface area (Å²) >= 11 is 3.24. The first kappa shape index (κ1) is 14.7. The second-order valence-electron chi connectivity index (χ2n) is 5.74. The lowest BCUT2D eigenvalue weighted by molar-refractivity contribution is -0.125. The first-order valence-electron chi connectivity index (χ1n) is 6.66. The first-order chi connectivity index (χ1) is 8.89. The molecule has 2 N–H and O–H groups in total. The van der Waals surface area contributed by atoms with Crippen LogP contribution < -0.4 is 5.73 Å². The van der Waals surface area contributed by atoms with E-state index in [2.05, 4.69) is 22.9 Å². The number of Topliss-reactive ketones (excluding diaryl/α,β-unsaturated/α-hetero) is 1. The summed E-state index contributed by atoms with van der Waals surface area (Å²) in [6.45, 7) is 2.13. The zero-order valence-electron chi connectivity index (χ0n) is 11.1. The van der Waals surface area contributed by atoms with E-state index in [4.69, 9.17) is 5.73 Å². The summed E-state index contributed by atoms with van der Waals surface area (Å²) in [7, 11) is 0. The number of benzene rings is 1. The monoisotopic (exact) mass is 327 g/mol. The third-order valence-corrected chi connectivity index (χ3v) is 4.33. The zero-order valence-corrected chi connectivity index (χ0v) is 12.7. The van der Waals surface area contributed by atoms with Gasteiger partial charge in [-0.15, -0.1) is 0 Å². The Labute approximate surface area is 121 Å². The quantitative estimate of drug-likeness (QED) is 0.921. The molecule has 2 nitrogen and oxygen atoms in total. The number of rotatable bonds is 3. The first-order valence-corrected chi connectivity index (χ1v) is 7.45. The van der Waals surface area contributed by atoms with Crippen molar-refractivity contribution in [2.75, 3.05) is 0 Å². The molecule has 0 heterocycles. The normalized spacial score (nSPS) is 27.3. The maximum atomic E-state index is 13.3. The highest BCUT2D eigenvalue weighted by molar-refractivity contribution is 9.10. The Morgan fingerprint density at radius 2 is 2.26 bits per heavy atom. The van der Waals surface area contributed by atoms with Crippen molar-refractivity contribution in [1.29, 1.82) is 0 Å². The summed E-state index contributed by atoms with van der Waals surface area (Å²) in [5.74, 6) is 0.179. The Bertz CT molecular complexity index is 471. The van der Waals surface area contributed by atoms with Crippen LogP contribution in [-0.2, 0) is 11.2 Å². The Hall–Kier alpha value is -0.740. The van der Waals surface area contributed by atoms with Crippen LogP contribution in [0, 0.1) is 11.7 Å².